The molecule has 1 unspecified atom stereocenters. The van der Waals surface area contributed by atoms with Gasteiger partial charge in [-0.2, -0.15) is 0 Å². The molecule has 2 nitrogen and oxygen atoms in total. The predicted octanol–water partition coefficient (Wildman–Crippen LogP) is 2.31. The summed E-state index contributed by atoms with van der Waals surface area (Å²) >= 11 is 0. The Labute approximate surface area is 85.7 Å². The molecule has 1 saturated heterocycles. The van der Waals surface area contributed by atoms with Crippen molar-refractivity contribution in [2.45, 2.75) is 25.8 Å². The third kappa shape index (κ3) is 1.62. The van der Waals surface area contributed by atoms with E-state index in [1.54, 1.807) is 0 Å². The van der Waals surface area contributed by atoms with Crippen LogP contribution in [0.4, 0.5) is 5.69 Å². The maximum atomic E-state index is 6.09. The third-order valence-corrected chi connectivity index (χ3v) is 2.97. The Balaban J connectivity index is 2.27. The molecule has 0 saturated carbocycles. The molecule has 1 aliphatic heterocycles. The molecule has 0 spiro atoms. The smallest absolute Gasteiger partial charge is 0.0414 e. The summed E-state index contributed by atoms with van der Waals surface area (Å²) in [4.78, 5) is 2.41. The summed E-state index contributed by atoms with van der Waals surface area (Å²) in [5.74, 6) is 0. The molecule has 76 valence electrons. The van der Waals surface area contributed by atoms with Crippen molar-refractivity contribution in [1.82, 2.24) is 0 Å². The van der Waals surface area contributed by atoms with Crippen LogP contribution >= 0.6 is 0 Å². The minimum Gasteiger partial charge on any atom is -0.371 e. The van der Waals surface area contributed by atoms with Crippen molar-refractivity contribution >= 4 is 5.69 Å². The Morgan fingerprint density at radius 3 is 2.64 bits per heavy atom. The van der Waals surface area contributed by atoms with Crippen LogP contribution in [0.2, 0.25) is 0 Å². The average Bonchev–Trinajstić information content (AvgIpc) is 2.15. The van der Waals surface area contributed by atoms with Crippen molar-refractivity contribution in [3.05, 3.63) is 29.8 Å². The van der Waals surface area contributed by atoms with E-state index in [-0.39, 0.29) is 6.04 Å². The zero-order chi connectivity index (χ0) is 9.97. The topological polar surface area (TPSA) is 29.3 Å². The summed E-state index contributed by atoms with van der Waals surface area (Å²) < 4.78 is 0. The van der Waals surface area contributed by atoms with Gasteiger partial charge in [0, 0.05) is 24.8 Å². The highest BCUT2D eigenvalue weighted by Gasteiger charge is 2.19. The molecule has 1 fully saturated rings. The first-order valence-corrected chi connectivity index (χ1v) is 5.42. The Kier molecular flexibility index (Phi) is 2.73. The Morgan fingerprint density at radius 1 is 1.36 bits per heavy atom. The van der Waals surface area contributed by atoms with Crippen molar-refractivity contribution in [2.75, 3.05) is 18.0 Å². The van der Waals surface area contributed by atoms with Gasteiger partial charge in [0.2, 0.25) is 0 Å². The summed E-state index contributed by atoms with van der Waals surface area (Å²) in [6.45, 7) is 4.51. The van der Waals surface area contributed by atoms with Crippen LogP contribution in [0.3, 0.4) is 0 Å². The Hall–Kier alpha value is -1.02. The molecule has 0 bridgehead atoms. The fraction of sp³-hybridized carbons (Fsp3) is 0.500. The minimum absolute atomic E-state index is 0.187. The number of rotatable bonds is 3. The predicted molar refractivity (Wildman–Crippen MR) is 60.5 cm³/mol. The summed E-state index contributed by atoms with van der Waals surface area (Å²) in [5, 5.41) is 0. The first-order chi connectivity index (χ1) is 6.83. The van der Waals surface area contributed by atoms with Crippen molar-refractivity contribution in [3.63, 3.8) is 0 Å². The van der Waals surface area contributed by atoms with Crippen LogP contribution in [0.25, 0.3) is 0 Å². The second kappa shape index (κ2) is 4.01. The van der Waals surface area contributed by atoms with E-state index in [9.17, 15) is 0 Å². The highest BCUT2D eigenvalue weighted by atomic mass is 15.2. The number of nitrogens with two attached hydrogens (primary N) is 1. The number of hydrogen-bond donors (Lipinski definition) is 1. The Bertz CT molecular complexity index is 281. The lowest BCUT2D eigenvalue weighted by atomic mass is 10.0. The van der Waals surface area contributed by atoms with Gasteiger partial charge < -0.3 is 10.6 Å². The van der Waals surface area contributed by atoms with E-state index in [0.29, 0.717) is 0 Å². The molecule has 1 aromatic carbocycles. The maximum absolute atomic E-state index is 6.09. The quantitative estimate of drug-likeness (QED) is 0.792. The zero-order valence-electron chi connectivity index (χ0n) is 8.74. The van der Waals surface area contributed by atoms with Gasteiger partial charge in [0.25, 0.3) is 0 Å². The summed E-state index contributed by atoms with van der Waals surface area (Å²) in [7, 11) is 0. The van der Waals surface area contributed by atoms with E-state index < -0.39 is 0 Å². The van der Waals surface area contributed by atoms with Gasteiger partial charge in [0.15, 0.2) is 0 Å². The van der Waals surface area contributed by atoms with Gasteiger partial charge in [-0.25, -0.2) is 0 Å². The van der Waals surface area contributed by atoms with E-state index in [4.69, 9.17) is 5.73 Å². The lowest BCUT2D eigenvalue weighted by Crippen LogP contribution is -2.38. The van der Waals surface area contributed by atoms with E-state index in [0.717, 1.165) is 6.42 Å². The minimum atomic E-state index is 0.187. The van der Waals surface area contributed by atoms with Gasteiger partial charge >= 0.3 is 0 Å². The lowest BCUT2D eigenvalue weighted by Gasteiger charge is -2.35. The third-order valence-electron chi connectivity index (χ3n) is 2.97. The van der Waals surface area contributed by atoms with Crippen LogP contribution in [0.5, 0.6) is 0 Å². The van der Waals surface area contributed by atoms with Crippen LogP contribution in [0, 0.1) is 0 Å². The SMILES string of the molecule is CCC(N)c1ccccc1N1CCC1. The van der Waals surface area contributed by atoms with Gasteiger partial charge in [-0.3, -0.25) is 0 Å². The molecule has 2 heteroatoms. The fourth-order valence-corrected chi connectivity index (χ4v) is 1.87. The second-order valence-electron chi connectivity index (χ2n) is 3.91. The van der Waals surface area contributed by atoms with Crippen molar-refractivity contribution in [1.29, 1.82) is 0 Å². The largest absolute Gasteiger partial charge is 0.371 e. The molecule has 1 atom stereocenters. The van der Waals surface area contributed by atoms with Gasteiger partial charge in [-0.15, -0.1) is 0 Å². The summed E-state index contributed by atoms with van der Waals surface area (Å²) in [6.07, 6.45) is 2.32. The van der Waals surface area contributed by atoms with Crippen LogP contribution in [0.1, 0.15) is 31.4 Å². The molecule has 0 amide bonds. The van der Waals surface area contributed by atoms with Gasteiger partial charge in [-0.05, 0) is 24.5 Å². The van der Waals surface area contributed by atoms with Crippen LogP contribution in [-0.4, -0.2) is 13.1 Å². The normalized spacial score (nSPS) is 17.7. The van der Waals surface area contributed by atoms with Gasteiger partial charge in [0.05, 0.1) is 0 Å². The molecule has 14 heavy (non-hydrogen) atoms. The van der Waals surface area contributed by atoms with E-state index in [1.807, 2.05) is 0 Å². The molecule has 2 N–H and O–H groups in total. The Morgan fingerprint density at radius 2 is 2.07 bits per heavy atom. The molecule has 0 radical (unpaired) electrons. The maximum Gasteiger partial charge on any atom is 0.0414 e. The second-order valence-corrected chi connectivity index (χ2v) is 3.91. The number of nitrogens with zero attached hydrogens (tertiary/aromatic N) is 1. The van der Waals surface area contributed by atoms with Crippen molar-refractivity contribution < 1.29 is 0 Å². The van der Waals surface area contributed by atoms with E-state index >= 15 is 0 Å². The van der Waals surface area contributed by atoms with Crippen molar-refractivity contribution in [3.8, 4) is 0 Å². The van der Waals surface area contributed by atoms with Gasteiger partial charge in [-0.1, -0.05) is 25.1 Å². The number of anilines is 1. The number of benzene rings is 1. The molecular formula is C12H18N2. The zero-order valence-corrected chi connectivity index (χ0v) is 8.74. The summed E-state index contributed by atoms with van der Waals surface area (Å²) in [6, 6.07) is 8.70. The molecule has 2 rings (SSSR count). The summed E-state index contributed by atoms with van der Waals surface area (Å²) in [5.41, 5.74) is 8.73. The fourth-order valence-electron chi connectivity index (χ4n) is 1.87. The molecule has 1 heterocycles. The molecule has 1 aliphatic rings. The molecule has 0 aromatic heterocycles. The monoisotopic (exact) mass is 190 g/mol. The van der Waals surface area contributed by atoms with Crippen LogP contribution < -0.4 is 10.6 Å². The first kappa shape index (κ1) is 9.53. The highest BCUT2D eigenvalue weighted by Crippen LogP contribution is 2.29. The molecule has 1 aromatic rings. The van der Waals surface area contributed by atoms with E-state index in [1.165, 1.54) is 30.8 Å². The first-order valence-electron chi connectivity index (χ1n) is 5.42. The number of hydrogen-bond acceptors (Lipinski definition) is 2. The average molecular weight is 190 g/mol. The van der Waals surface area contributed by atoms with Gasteiger partial charge in [0.1, 0.15) is 0 Å². The van der Waals surface area contributed by atoms with E-state index in [2.05, 4.69) is 36.1 Å². The molecule has 0 aliphatic carbocycles. The molecular weight excluding hydrogens is 172 g/mol. The van der Waals surface area contributed by atoms with Crippen LogP contribution in [-0.2, 0) is 0 Å². The van der Waals surface area contributed by atoms with Crippen molar-refractivity contribution in [2.24, 2.45) is 5.73 Å². The highest BCUT2D eigenvalue weighted by molar-refractivity contribution is 5.56. The van der Waals surface area contributed by atoms with Crippen LogP contribution in [0.15, 0.2) is 24.3 Å². The standard InChI is InChI=1S/C12H18N2/c1-2-11(13)10-6-3-4-7-12(10)14-8-5-9-14/h3-4,6-7,11H,2,5,8-9,13H2,1H3. The number of para-hydroxylation sites is 1. The lowest BCUT2D eigenvalue weighted by molar-refractivity contribution is 0.605.